The fourth-order valence-corrected chi connectivity index (χ4v) is 6.07. The number of H-pyrrole nitrogens is 1. The van der Waals surface area contributed by atoms with Gasteiger partial charge < -0.3 is 19.8 Å². The molecule has 35 heavy (non-hydrogen) atoms. The zero-order valence-corrected chi connectivity index (χ0v) is 19.1. The maximum atomic E-state index is 12.2. The Labute approximate surface area is 201 Å². The maximum absolute atomic E-state index is 12.2. The molecule has 4 heterocycles. The highest BCUT2D eigenvalue weighted by Gasteiger charge is 2.47. The number of carboxylic acid groups (broad SMARTS) is 1. The molecule has 178 valence electrons. The average molecular weight is 471 g/mol. The van der Waals surface area contributed by atoms with E-state index in [4.69, 9.17) is 14.4 Å². The van der Waals surface area contributed by atoms with Gasteiger partial charge >= 0.3 is 5.97 Å². The second-order valence-electron chi connectivity index (χ2n) is 10.1. The third-order valence-electron chi connectivity index (χ3n) is 8.00. The molecule has 0 amide bonds. The molecule has 2 atom stereocenters. The summed E-state index contributed by atoms with van der Waals surface area (Å²) in [7, 11) is 0. The highest BCUT2D eigenvalue weighted by Crippen LogP contribution is 2.47. The molecule has 0 aromatic carbocycles. The molecular formula is C26H26N6O3. The molecule has 8 rings (SSSR count). The highest BCUT2D eigenvalue weighted by atomic mass is 16.4. The third-order valence-corrected chi connectivity index (χ3v) is 8.00. The molecule has 0 aliphatic heterocycles. The van der Waals surface area contributed by atoms with Crippen molar-refractivity contribution in [1.29, 1.82) is 0 Å². The first kappa shape index (κ1) is 20.6. The molecule has 9 nitrogen and oxygen atoms in total. The van der Waals surface area contributed by atoms with Gasteiger partial charge in [-0.15, -0.1) is 0 Å². The fraction of sp³-hybridized carbons (Fsp3) is 0.423. The topological polar surface area (TPSA) is 130 Å². The average Bonchev–Trinajstić information content (AvgIpc) is 3.44. The van der Waals surface area contributed by atoms with E-state index in [0.29, 0.717) is 40.6 Å². The SMILES string of the molecule is O=C(O)C1C2CCC(CC2)C1Nc1cc(-c2ccc(C3CC3)o2)nc(-c2c[nH]c3ncncc23)n1. The number of aromatic amines is 1. The number of nitrogens with zero attached hydrogens (tertiary/aromatic N) is 4. The fourth-order valence-electron chi connectivity index (χ4n) is 6.07. The van der Waals surface area contributed by atoms with E-state index in [2.05, 4.69) is 20.3 Å². The zero-order chi connectivity index (χ0) is 23.5. The standard InChI is InChI=1S/C26H26N6O3/c33-26(34)22-14-3-5-15(6-4-14)23(22)31-21-9-18(20-8-7-19(35-20)13-1-2-13)30-25(32-21)17-11-28-24-16(17)10-27-12-29-24/h7-15,22-23H,1-6H2,(H,33,34)(H,27,28,29)(H,30,31,32). The minimum Gasteiger partial charge on any atom is -0.481 e. The van der Waals surface area contributed by atoms with Gasteiger partial charge in [0.2, 0.25) is 0 Å². The number of aliphatic carboxylic acids is 1. The van der Waals surface area contributed by atoms with Crippen LogP contribution in [0.25, 0.3) is 33.9 Å². The molecule has 0 saturated heterocycles. The molecule has 0 radical (unpaired) electrons. The smallest absolute Gasteiger partial charge is 0.308 e. The Hall–Kier alpha value is -3.75. The van der Waals surface area contributed by atoms with Gasteiger partial charge in [-0.25, -0.2) is 19.9 Å². The molecule has 2 unspecified atom stereocenters. The van der Waals surface area contributed by atoms with Crippen molar-refractivity contribution < 1.29 is 14.3 Å². The first-order valence-electron chi connectivity index (χ1n) is 12.4. The first-order chi connectivity index (χ1) is 17.1. The van der Waals surface area contributed by atoms with Gasteiger partial charge in [-0.05, 0) is 62.5 Å². The Kier molecular flexibility index (Phi) is 4.65. The van der Waals surface area contributed by atoms with E-state index in [1.165, 1.54) is 6.33 Å². The maximum Gasteiger partial charge on any atom is 0.308 e. The second kappa shape index (κ2) is 7.90. The van der Waals surface area contributed by atoms with Crippen molar-refractivity contribution in [2.75, 3.05) is 5.32 Å². The molecule has 4 fully saturated rings. The summed E-state index contributed by atoms with van der Waals surface area (Å²) in [6.07, 6.45) is 11.5. The number of fused-ring (bicyclic) bond motifs is 4. The second-order valence-corrected chi connectivity index (χ2v) is 10.1. The van der Waals surface area contributed by atoms with Crippen LogP contribution in [-0.2, 0) is 4.79 Å². The number of hydrogen-bond donors (Lipinski definition) is 3. The van der Waals surface area contributed by atoms with Gasteiger partial charge in [0.1, 0.15) is 29.2 Å². The molecule has 4 aliphatic carbocycles. The van der Waals surface area contributed by atoms with Crippen molar-refractivity contribution >= 4 is 22.8 Å². The quantitative estimate of drug-likeness (QED) is 0.364. The van der Waals surface area contributed by atoms with Crippen LogP contribution in [0, 0.1) is 17.8 Å². The van der Waals surface area contributed by atoms with Crippen molar-refractivity contribution in [2.45, 2.75) is 50.5 Å². The van der Waals surface area contributed by atoms with Gasteiger partial charge in [-0.1, -0.05) is 0 Å². The lowest BCUT2D eigenvalue weighted by Crippen LogP contribution is -2.51. The summed E-state index contributed by atoms with van der Waals surface area (Å²) >= 11 is 0. The molecule has 4 saturated carbocycles. The van der Waals surface area contributed by atoms with Crippen LogP contribution in [0.4, 0.5) is 5.82 Å². The number of aromatic nitrogens is 5. The van der Waals surface area contributed by atoms with Gasteiger partial charge in [0, 0.05) is 41.4 Å². The molecule has 0 spiro atoms. The monoisotopic (exact) mass is 470 g/mol. The molecular weight excluding hydrogens is 444 g/mol. The third kappa shape index (κ3) is 3.57. The Morgan fingerprint density at radius 3 is 2.71 bits per heavy atom. The van der Waals surface area contributed by atoms with E-state index in [-0.39, 0.29) is 12.0 Å². The summed E-state index contributed by atoms with van der Waals surface area (Å²) < 4.78 is 6.16. The van der Waals surface area contributed by atoms with Crippen molar-refractivity contribution in [3.63, 3.8) is 0 Å². The van der Waals surface area contributed by atoms with Crippen molar-refractivity contribution in [3.05, 3.63) is 42.7 Å². The lowest BCUT2D eigenvalue weighted by Gasteiger charge is -2.47. The van der Waals surface area contributed by atoms with Crippen LogP contribution < -0.4 is 5.32 Å². The number of anilines is 1. The number of furan rings is 1. The van der Waals surface area contributed by atoms with Crippen molar-refractivity contribution in [1.82, 2.24) is 24.9 Å². The van der Waals surface area contributed by atoms with Crippen LogP contribution in [0.3, 0.4) is 0 Å². The van der Waals surface area contributed by atoms with Gasteiger partial charge in [0.05, 0.1) is 5.92 Å². The number of nitrogens with one attached hydrogen (secondary N) is 2. The first-order valence-corrected chi connectivity index (χ1v) is 12.4. The van der Waals surface area contributed by atoms with E-state index in [9.17, 15) is 9.90 Å². The normalized spacial score (nSPS) is 25.7. The lowest BCUT2D eigenvalue weighted by molar-refractivity contribution is -0.148. The minimum atomic E-state index is -0.722. The Morgan fingerprint density at radius 2 is 1.91 bits per heavy atom. The number of carbonyl (C=O) groups is 1. The molecule has 2 bridgehead atoms. The van der Waals surface area contributed by atoms with Gasteiger partial charge in [0.15, 0.2) is 11.6 Å². The summed E-state index contributed by atoms with van der Waals surface area (Å²) in [5.41, 5.74) is 2.17. The number of rotatable bonds is 6. The summed E-state index contributed by atoms with van der Waals surface area (Å²) in [4.78, 5) is 33.5. The Morgan fingerprint density at radius 1 is 1.09 bits per heavy atom. The van der Waals surface area contributed by atoms with E-state index >= 15 is 0 Å². The van der Waals surface area contributed by atoms with Gasteiger partial charge in [-0.3, -0.25) is 4.79 Å². The van der Waals surface area contributed by atoms with Crippen LogP contribution in [-0.4, -0.2) is 42.0 Å². The van der Waals surface area contributed by atoms with Crippen LogP contribution in [0.2, 0.25) is 0 Å². The van der Waals surface area contributed by atoms with Crippen molar-refractivity contribution in [2.24, 2.45) is 17.8 Å². The summed E-state index contributed by atoms with van der Waals surface area (Å²) in [5, 5.41) is 14.4. The summed E-state index contributed by atoms with van der Waals surface area (Å²) in [6.45, 7) is 0. The Bertz CT molecular complexity index is 1420. The van der Waals surface area contributed by atoms with Crippen molar-refractivity contribution in [3.8, 4) is 22.8 Å². The molecule has 4 aromatic heterocycles. The summed E-state index contributed by atoms with van der Waals surface area (Å²) in [5.74, 6) is 2.73. The van der Waals surface area contributed by atoms with Crippen LogP contribution >= 0.6 is 0 Å². The van der Waals surface area contributed by atoms with Crippen LogP contribution in [0.1, 0.15) is 50.2 Å². The minimum absolute atomic E-state index is 0.152. The van der Waals surface area contributed by atoms with Gasteiger partial charge in [0.25, 0.3) is 0 Å². The highest BCUT2D eigenvalue weighted by molar-refractivity contribution is 5.91. The van der Waals surface area contributed by atoms with Gasteiger partial charge in [-0.2, -0.15) is 0 Å². The van der Waals surface area contributed by atoms with Crippen LogP contribution in [0.5, 0.6) is 0 Å². The predicted octanol–water partition coefficient (Wildman–Crippen LogP) is 4.85. The number of hydrogen-bond acceptors (Lipinski definition) is 7. The van der Waals surface area contributed by atoms with E-state index < -0.39 is 11.9 Å². The number of carboxylic acids is 1. The molecule has 9 heteroatoms. The predicted molar refractivity (Wildman–Crippen MR) is 129 cm³/mol. The molecule has 4 aliphatic rings. The summed E-state index contributed by atoms with van der Waals surface area (Å²) in [6, 6.07) is 5.72. The lowest BCUT2D eigenvalue weighted by atomic mass is 9.61. The van der Waals surface area contributed by atoms with E-state index in [0.717, 1.165) is 55.2 Å². The molecule has 4 aromatic rings. The Balaban J connectivity index is 1.32. The zero-order valence-electron chi connectivity index (χ0n) is 19.1. The molecule has 3 N–H and O–H groups in total. The van der Waals surface area contributed by atoms with E-state index in [1.54, 1.807) is 6.20 Å². The largest absolute Gasteiger partial charge is 0.481 e. The van der Waals surface area contributed by atoms with Crippen LogP contribution in [0.15, 0.2) is 41.3 Å². The van der Waals surface area contributed by atoms with E-state index in [1.807, 2.05) is 24.4 Å².